The molecule has 1 fully saturated rings. The first kappa shape index (κ1) is 32.4. The number of hydrogen-bond acceptors (Lipinski definition) is 8. The van der Waals surface area contributed by atoms with E-state index in [4.69, 9.17) is 9.47 Å². The van der Waals surface area contributed by atoms with Gasteiger partial charge in [0.2, 0.25) is 5.91 Å². The number of methoxy groups -OCH3 is 1. The number of hydrogen-bond donors (Lipinski definition) is 1. The van der Waals surface area contributed by atoms with E-state index in [1.807, 2.05) is 13.0 Å². The van der Waals surface area contributed by atoms with Crippen LogP contribution in [0.15, 0.2) is 65.9 Å². The van der Waals surface area contributed by atoms with Crippen molar-refractivity contribution in [1.29, 1.82) is 0 Å². The van der Waals surface area contributed by atoms with Crippen LogP contribution >= 0.6 is 11.8 Å². The fourth-order valence-corrected chi connectivity index (χ4v) is 5.11. The predicted molar refractivity (Wildman–Crippen MR) is 157 cm³/mol. The van der Waals surface area contributed by atoms with Gasteiger partial charge in [-0.15, -0.1) is 18.3 Å². The standard InChI is InChI=1S/C29H23F5N6O5S/c1-16-3-4-17(12-43-2)23(9-16)40-25(41)14-46-28(40)37-27(42)36-26-21(30)10-20(11-22(26)31)44-13-24-35-15-39(38-24)18-5-7-19(8-6-18)45-29(32,33)34/h3-11,15H,12-14H2,1-2H3,(H,36,42)/b37-28-. The molecular formula is C29H23F5N6O5S. The van der Waals surface area contributed by atoms with Gasteiger partial charge in [0, 0.05) is 24.8 Å². The molecule has 0 unspecified atom stereocenters. The van der Waals surface area contributed by atoms with E-state index in [1.54, 1.807) is 12.1 Å². The Kier molecular flexibility index (Phi) is 9.52. The molecule has 17 heteroatoms. The van der Waals surface area contributed by atoms with Crippen LogP contribution in [0.1, 0.15) is 17.0 Å². The molecule has 0 aliphatic carbocycles. The second kappa shape index (κ2) is 13.5. The summed E-state index contributed by atoms with van der Waals surface area (Å²) in [6.07, 6.45) is -3.56. The van der Waals surface area contributed by atoms with Gasteiger partial charge in [0.05, 0.1) is 23.7 Å². The highest BCUT2D eigenvalue weighted by Crippen LogP contribution is 2.32. The number of urea groups is 1. The van der Waals surface area contributed by atoms with Crippen molar-refractivity contribution in [2.75, 3.05) is 23.1 Å². The van der Waals surface area contributed by atoms with E-state index in [1.165, 1.54) is 35.2 Å². The van der Waals surface area contributed by atoms with Gasteiger partial charge in [-0.1, -0.05) is 23.9 Å². The van der Waals surface area contributed by atoms with Gasteiger partial charge in [0.25, 0.3) is 0 Å². The number of carbonyl (C=O) groups excluding carboxylic acids is 2. The average molecular weight is 663 g/mol. The quantitative estimate of drug-likeness (QED) is 0.212. The van der Waals surface area contributed by atoms with Crippen molar-refractivity contribution in [1.82, 2.24) is 14.8 Å². The molecule has 11 nitrogen and oxygen atoms in total. The number of nitrogens with zero attached hydrogens (tertiary/aromatic N) is 5. The zero-order valence-electron chi connectivity index (χ0n) is 24.0. The van der Waals surface area contributed by atoms with Gasteiger partial charge in [-0.3, -0.25) is 9.69 Å². The van der Waals surface area contributed by atoms with Crippen LogP contribution in [0.25, 0.3) is 5.69 Å². The first-order valence-corrected chi connectivity index (χ1v) is 14.2. The predicted octanol–water partition coefficient (Wildman–Crippen LogP) is 6.15. The molecule has 0 spiro atoms. The minimum atomic E-state index is -4.83. The third-order valence-electron chi connectivity index (χ3n) is 6.23. The molecule has 240 valence electrons. The average Bonchev–Trinajstić information content (AvgIpc) is 3.61. The Morgan fingerprint density at radius 1 is 1.04 bits per heavy atom. The molecule has 5 rings (SSSR count). The van der Waals surface area contributed by atoms with Gasteiger partial charge in [-0.2, -0.15) is 4.99 Å². The van der Waals surface area contributed by atoms with E-state index >= 15 is 0 Å². The summed E-state index contributed by atoms with van der Waals surface area (Å²) in [5, 5.41) is 6.23. The number of benzene rings is 3. The maximum Gasteiger partial charge on any atom is 0.573 e. The summed E-state index contributed by atoms with van der Waals surface area (Å²) in [4.78, 5) is 34.6. The van der Waals surface area contributed by atoms with Gasteiger partial charge >= 0.3 is 12.4 Å². The zero-order valence-corrected chi connectivity index (χ0v) is 24.8. The van der Waals surface area contributed by atoms with E-state index in [2.05, 4.69) is 25.1 Å². The maximum atomic E-state index is 14.9. The second-order valence-electron chi connectivity index (χ2n) is 9.61. The van der Waals surface area contributed by atoms with Crippen molar-refractivity contribution in [3.63, 3.8) is 0 Å². The molecular weight excluding hydrogens is 639 g/mol. The van der Waals surface area contributed by atoms with Crippen LogP contribution in [0, 0.1) is 18.6 Å². The monoisotopic (exact) mass is 662 g/mol. The number of alkyl halides is 3. The van der Waals surface area contributed by atoms with Gasteiger partial charge < -0.3 is 19.5 Å². The number of thioether (sulfide) groups is 1. The molecule has 1 N–H and O–H groups in total. The third-order valence-corrected chi connectivity index (χ3v) is 7.16. The largest absolute Gasteiger partial charge is 0.573 e. The summed E-state index contributed by atoms with van der Waals surface area (Å²) in [7, 11) is 1.50. The molecule has 1 aliphatic rings. The topological polar surface area (TPSA) is 120 Å². The van der Waals surface area contributed by atoms with Gasteiger partial charge in [-0.05, 0) is 42.8 Å². The fourth-order valence-electron chi connectivity index (χ4n) is 4.25. The van der Waals surface area contributed by atoms with Crippen LogP contribution in [0.4, 0.5) is 38.1 Å². The summed E-state index contributed by atoms with van der Waals surface area (Å²) in [6, 6.07) is 10.8. The lowest BCUT2D eigenvalue weighted by Crippen LogP contribution is -2.31. The first-order valence-electron chi connectivity index (χ1n) is 13.2. The number of aliphatic imine (C=N–C) groups is 1. The Labute approximate surface area is 262 Å². The minimum absolute atomic E-state index is 0.0114. The van der Waals surface area contributed by atoms with Crippen LogP contribution in [0.5, 0.6) is 11.5 Å². The van der Waals surface area contributed by atoms with Crippen LogP contribution in [0.3, 0.4) is 0 Å². The molecule has 0 radical (unpaired) electrons. The maximum absolute atomic E-state index is 14.9. The van der Waals surface area contributed by atoms with E-state index in [9.17, 15) is 31.5 Å². The van der Waals surface area contributed by atoms with E-state index < -0.39 is 35.5 Å². The minimum Gasteiger partial charge on any atom is -0.485 e. The molecule has 46 heavy (non-hydrogen) atoms. The molecule has 1 saturated heterocycles. The number of aryl methyl sites for hydroxylation is 1. The highest BCUT2D eigenvalue weighted by molar-refractivity contribution is 8.15. The van der Waals surface area contributed by atoms with Crippen molar-refractivity contribution in [3.05, 3.63) is 89.5 Å². The smallest absolute Gasteiger partial charge is 0.485 e. The molecule has 0 atom stereocenters. The van der Waals surface area contributed by atoms with Crippen LogP contribution in [-0.2, 0) is 22.7 Å². The van der Waals surface area contributed by atoms with Crippen LogP contribution in [0.2, 0.25) is 0 Å². The highest BCUT2D eigenvalue weighted by Gasteiger charge is 2.33. The van der Waals surface area contributed by atoms with Gasteiger partial charge in [0.1, 0.15) is 30.1 Å². The fraction of sp³-hybridized carbons (Fsp3) is 0.207. The van der Waals surface area contributed by atoms with Gasteiger partial charge in [0.15, 0.2) is 22.6 Å². The number of aromatic nitrogens is 3. The summed E-state index contributed by atoms with van der Waals surface area (Å²) in [6.45, 7) is 1.72. The Morgan fingerprint density at radius 2 is 1.76 bits per heavy atom. The van der Waals surface area contributed by atoms with Gasteiger partial charge in [-0.25, -0.2) is 23.2 Å². The van der Waals surface area contributed by atoms with Crippen molar-refractivity contribution in [3.8, 4) is 17.2 Å². The third kappa shape index (κ3) is 7.78. The first-order chi connectivity index (χ1) is 21.9. The number of amidine groups is 1. The number of carbonyl (C=O) groups is 2. The SMILES string of the molecule is COCc1ccc(C)cc1N1C(=O)CS/C1=N\C(=O)Nc1c(F)cc(OCc2ncn(-c3ccc(OC(F)(F)F)cc3)n2)cc1F. The number of anilines is 2. The molecule has 0 bridgehead atoms. The van der Waals surface area contributed by atoms with Crippen molar-refractivity contribution in [2.24, 2.45) is 4.99 Å². The summed E-state index contributed by atoms with van der Waals surface area (Å²) in [5.41, 5.74) is 1.60. The number of amides is 3. The summed E-state index contributed by atoms with van der Waals surface area (Å²) < 4.78 is 82.5. The molecule has 1 aliphatic heterocycles. The second-order valence-corrected chi connectivity index (χ2v) is 10.5. The van der Waals surface area contributed by atoms with E-state index in [0.29, 0.717) is 16.9 Å². The molecule has 3 amide bonds. The van der Waals surface area contributed by atoms with Crippen LogP contribution in [-0.4, -0.2) is 51.1 Å². The number of rotatable bonds is 9. The van der Waals surface area contributed by atoms with Crippen molar-refractivity contribution in [2.45, 2.75) is 26.5 Å². The lowest BCUT2D eigenvalue weighted by Gasteiger charge is -2.20. The van der Waals surface area contributed by atoms with Crippen molar-refractivity contribution < 1.29 is 45.8 Å². The Morgan fingerprint density at radius 3 is 2.43 bits per heavy atom. The molecule has 2 heterocycles. The molecule has 1 aromatic heterocycles. The normalized spacial score (nSPS) is 14.2. The Balaban J connectivity index is 1.24. The molecule has 0 saturated carbocycles. The number of ether oxygens (including phenoxy) is 3. The Hall–Kier alpha value is -5.03. The summed E-state index contributed by atoms with van der Waals surface area (Å²) in [5.74, 6) is -3.18. The lowest BCUT2D eigenvalue weighted by molar-refractivity contribution is -0.274. The number of halogens is 5. The van der Waals surface area contributed by atoms with Crippen molar-refractivity contribution >= 4 is 40.2 Å². The molecule has 3 aromatic carbocycles. The number of nitrogens with one attached hydrogen (secondary N) is 1. The summed E-state index contributed by atoms with van der Waals surface area (Å²) >= 11 is 1.00. The van der Waals surface area contributed by atoms with E-state index in [0.717, 1.165) is 41.6 Å². The van der Waals surface area contributed by atoms with E-state index in [-0.39, 0.29) is 41.6 Å². The Bertz CT molecular complexity index is 1770. The molecule has 4 aromatic rings. The highest BCUT2D eigenvalue weighted by atomic mass is 32.2. The zero-order chi connectivity index (χ0) is 33.0. The lowest BCUT2D eigenvalue weighted by atomic mass is 10.1. The van der Waals surface area contributed by atoms with Crippen LogP contribution < -0.4 is 19.7 Å².